The van der Waals surface area contributed by atoms with Crippen LogP contribution < -0.4 is 0 Å². The molecule has 0 aliphatic carbocycles. The Kier molecular flexibility index (Phi) is 4.11. The first kappa shape index (κ1) is 18.1. The fraction of sp³-hybridized carbons (Fsp3) is 0.105. The number of carbonyl (C=O) groups is 1. The van der Waals surface area contributed by atoms with E-state index < -0.39 is 26.7 Å². The molecule has 0 atom stereocenters. The van der Waals surface area contributed by atoms with E-state index >= 15 is 0 Å². The molecule has 1 aromatic carbocycles. The Balaban J connectivity index is 2.04. The van der Waals surface area contributed by atoms with Gasteiger partial charge in [-0.3, -0.25) is 4.79 Å². The van der Waals surface area contributed by atoms with Gasteiger partial charge in [0.2, 0.25) is 15.0 Å². The zero-order chi connectivity index (χ0) is 20.1. The summed E-state index contributed by atoms with van der Waals surface area (Å²) >= 11 is 0. The van der Waals surface area contributed by atoms with Gasteiger partial charge in [-0.25, -0.2) is 22.8 Å². The smallest absolute Gasteiger partial charge is 0.262 e. The molecule has 0 saturated carbocycles. The Morgan fingerprint density at radius 3 is 2.46 bits per heavy atom. The van der Waals surface area contributed by atoms with E-state index in [2.05, 4.69) is 9.97 Å². The number of rotatable bonds is 3. The van der Waals surface area contributed by atoms with Gasteiger partial charge in [0, 0.05) is 18.9 Å². The molecule has 1 aliphatic rings. The topological polar surface area (TPSA) is 93.4 Å². The number of aromatic nitrogens is 2. The van der Waals surface area contributed by atoms with E-state index in [-0.39, 0.29) is 34.0 Å². The number of nitrogens with zero attached hydrogens (tertiary/aromatic N) is 3. The lowest BCUT2D eigenvalue weighted by Gasteiger charge is -2.11. The Morgan fingerprint density at radius 2 is 1.82 bits per heavy atom. The molecule has 1 amide bonds. The third-order valence-electron chi connectivity index (χ3n) is 4.29. The monoisotopic (exact) mass is 399 g/mol. The predicted octanol–water partition coefficient (Wildman–Crippen LogP) is 2.86. The van der Waals surface area contributed by atoms with Gasteiger partial charge in [-0.15, -0.1) is 0 Å². The number of benzene rings is 1. The second-order valence-electron chi connectivity index (χ2n) is 6.24. The highest BCUT2D eigenvalue weighted by Crippen LogP contribution is 2.37. The summed E-state index contributed by atoms with van der Waals surface area (Å²) in [7, 11) is -2.27. The molecule has 7 nitrogen and oxygen atoms in total. The molecule has 0 spiro atoms. The first-order valence-corrected chi connectivity index (χ1v) is 10.1. The lowest BCUT2D eigenvalue weighted by molar-refractivity contribution is 0.0875. The molecular weight excluding hydrogens is 385 g/mol. The number of amides is 1. The third-order valence-corrected chi connectivity index (χ3v) is 5.14. The van der Waals surface area contributed by atoms with Crippen molar-refractivity contribution >= 4 is 27.5 Å². The normalized spacial score (nSPS) is 15.3. The van der Waals surface area contributed by atoms with Crippen LogP contribution >= 0.6 is 0 Å². The van der Waals surface area contributed by atoms with Crippen molar-refractivity contribution in [3.05, 3.63) is 65.3 Å². The summed E-state index contributed by atoms with van der Waals surface area (Å²) in [4.78, 5) is 22.3. The zero-order valence-electron chi connectivity index (χ0n) is 14.9. The SMILES string of the molecule is CN1C(=O)c2c(nc(S(C)(=O)=O)nc2-c2ccco2)/C1=C/c1ccccc1F. The first-order valence-electron chi connectivity index (χ1n) is 8.18. The minimum Gasteiger partial charge on any atom is -0.463 e. The number of hydrogen-bond donors (Lipinski definition) is 0. The Bertz CT molecular complexity index is 1230. The van der Waals surface area contributed by atoms with Crippen LogP contribution in [0.15, 0.2) is 52.2 Å². The van der Waals surface area contributed by atoms with Crippen molar-refractivity contribution in [2.24, 2.45) is 0 Å². The van der Waals surface area contributed by atoms with E-state index in [0.29, 0.717) is 0 Å². The number of halogens is 1. The molecule has 2 aromatic heterocycles. The molecule has 0 fully saturated rings. The standard InChI is InChI=1S/C19H14FN3O4S/c1-23-13(10-11-6-3-4-7-12(11)20)16-15(18(23)24)17(14-8-5-9-27-14)22-19(21-16)28(2,25)26/h3-10H,1-2H3/b13-10-. The van der Waals surface area contributed by atoms with Crippen molar-refractivity contribution in [3.8, 4) is 11.5 Å². The molecule has 1 aliphatic heterocycles. The molecule has 9 heteroatoms. The van der Waals surface area contributed by atoms with Crippen molar-refractivity contribution in [3.63, 3.8) is 0 Å². The fourth-order valence-electron chi connectivity index (χ4n) is 2.93. The van der Waals surface area contributed by atoms with E-state index in [1.165, 1.54) is 30.4 Å². The maximum absolute atomic E-state index is 14.1. The van der Waals surface area contributed by atoms with Crippen LogP contribution in [0.1, 0.15) is 21.6 Å². The van der Waals surface area contributed by atoms with Gasteiger partial charge in [-0.05, 0) is 24.3 Å². The van der Waals surface area contributed by atoms with Gasteiger partial charge in [0.1, 0.15) is 17.2 Å². The van der Waals surface area contributed by atoms with Crippen LogP contribution in [-0.4, -0.2) is 42.5 Å². The molecule has 0 saturated heterocycles. The highest BCUT2D eigenvalue weighted by Gasteiger charge is 2.37. The van der Waals surface area contributed by atoms with E-state index in [9.17, 15) is 17.6 Å². The summed E-state index contributed by atoms with van der Waals surface area (Å²) in [6.45, 7) is 0. The van der Waals surface area contributed by atoms with Gasteiger partial charge in [0.05, 0.1) is 17.5 Å². The Labute approximate surface area is 160 Å². The minimum atomic E-state index is -3.77. The largest absolute Gasteiger partial charge is 0.463 e. The van der Waals surface area contributed by atoms with Crippen molar-refractivity contribution < 1.29 is 22.0 Å². The van der Waals surface area contributed by atoms with Gasteiger partial charge in [0.15, 0.2) is 5.76 Å². The third kappa shape index (κ3) is 2.89. The Hall–Kier alpha value is -3.33. The number of furan rings is 1. The van der Waals surface area contributed by atoms with Crippen LogP contribution in [0.5, 0.6) is 0 Å². The lowest BCUT2D eigenvalue weighted by Crippen LogP contribution is -2.17. The second-order valence-corrected chi connectivity index (χ2v) is 8.15. The van der Waals surface area contributed by atoms with Gasteiger partial charge in [0.25, 0.3) is 5.91 Å². The lowest BCUT2D eigenvalue weighted by atomic mass is 10.1. The zero-order valence-corrected chi connectivity index (χ0v) is 15.7. The number of fused-ring (bicyclic) bond motifs is 1. The summed E-state index contributed by atoms with van der Waals surface area (Å²) in [5.41, 5.74) is 0.795. The molecule has 28 heavy (non-hydrogen) atoms. The summed E-state index contributed by atoms with van der Waals surface area (Å²) in [6, 6.07) is 9.21. The summed E-state index contributed by atoms with van der Waals surface area (Å²) < 4.78 is 43.7. The van der Waals surface area contributed by atoms with Crippen molar-refractivity contribution in [2.45, 2.75) is 5.16 Å². The van der Waals surface area contributed by atoms with Gasteiger partial charge in [-0.1, -0.05) is 18.2 Å². The Morgan fingerprint density at radius 1 is 1.11 bits per heavy atom. The molecule has 4 rings (SSSR count). The van der Waals surface area contributed by atoms with E-state index in [1.807, 2.05) is 0 Å². The van der Waals surface area contributed by atoms with Crippen molar-refractivity contribution in [1.29, 1.82) is 0 Å². The number of hydrogen-bond acceptors (Lipinski definition) is 6. The summed E-state index contributed by atoms with van der Waals surface area (Å²) in [5.74, 6) is -0.686. The molecule has 0 N–H and O–H groups in total. The molecule has 0 unspecified atom stereocenters. The van der Waals surface area contributed by atoms with Gasteiger partial charge in [-0.2, -0.15) is 0 Å². The highest BCUT2D eigenvalue weighted by molar-refractivity contribution is 7.90. The minimum absolute atomic E-state index is 0.0733. The fourth-order valence-corrected chi connectivity index (χ4v) is 3.44. The van der Waals surface area contributed by atoms with Gasteiger partial charge >= 0.3 is 0 Å². The molecule has 0 radical (unpaired) electrons. The molecular formula is C19H14FN3O4S. The average Bonchev–Trinajstić information content (AvgIpc) is 3.26. The van der Waals surface area contributed by atoms with Crippen LogP contribution in [-0.2, 0) is 9.84 Å². The first-order chi connectivity index (χ1) is 13.3. The van der Waals surface area contributed by atoms with Crippen molar-refractivity contribution in [1.82, 2.24) is 14.9 Å². The van der Waals surface area contributed by atoms with Crippen LogP contribution in [0.25, 0.3) is 23.2 Å². The van der Waals surface area contributed by atoms with Crippen LogP contribution in [0.2, 0.25) is 0 Å². The van der Waals surface area contributed by atoms with Gasteiger partial charge < -0.3 is 9.32 Å². The van der Waals surface area contributed by atoms with E-state index in [4.69, 9.17) is 4.42 Å². The predicted molar refractivity (Wildman–Crippen MR) is 99.2 cm³/mol. The second kappa shape index (κ2) is 6.38. The maximum atomic E-state index is 14.1. The highest BCUT2D eigenvalue weighted by atomic mass is 32.2. The van der Waals surface area contributed by atoms with Crippen LogP contribution in [0.3, 0.4) is 0 Å². The quantitative estimate of drug-likeness (QED) is 0.629. The van der Waals surface area contributed by atoms with E-state index in [0.717, 1.165) is 6.26 Å². The van der Waals surface area contributed by atoms with Crippen molar-refractivity contribution in [2.75, 3.05) is 13.3 Å². The summed E-state index contributed by atoms with van der Waals surface area (Å²) in [6.07, 6.45) is 3.81. The van der Waals surface area contributed by atoms with E-state index in [1.54, 1.807) is 30.3 Å². The number of carbonyl (C=O) groups excluding carboxylic acids is 1. The molecule has 3 heterocycles. The molecule has 142 valence electrons. The maximum Gasteiger partial charge on any atom is 0.262 e. The molecule has 0 bridgehead atoms. The van der Waals surface area contributed by atoms with Crippen LogP contribution in [0, 0.1) is 5.82 Å². The van der Waals surface area contributed by atoms with Crippen LogP contribution in [0.4, 0.5) is 4.39 Å². The number of sulfone groups is 1. The average molecular weight is 399 g/mol. The summed E-state index contributed by atoms with van der Waals surface area (Å²) in [5, 5.41) is -0.444. The molecule has 3 aromatic rings.